The lowest BCUT2D eigenvalue weighted by molar-refractivity contribution is 0.0744. The Labute approximate surface area is 90.2 Å². The van der Waals surface area contributed by atoms with E-state index in [1.807, 2.05) is 31.2 Å². The fraction of sp³-hybridized carbons (Fsp3) is 0.417. The van der Waals surface area contributed by atoms with Crippen LogP contribution in [0.15, 0.2) is 24.3 Å². The van der Waals surface area contributed by atoms with Gasteiger partial charge in [-0.25, -0.2) is 0 Å². The molecule has 80 valence electrons. The second-order valence-electron chi connectivity index (χ2n) is 3.19. The predicted molar refractivity (Wildman–Crippen MR) is 57.5 cm³/mol. The van der Waals surface area contributed by atoms with Gasteiger partial charge in [0.2, 0.25) is 0 Å². The van der Waals surface area contributed by atoms with Crippen molar-refractivity contribution in [3.8, 4) is 11.8 Å². The smallest absolute Gasteiger partial charge is 0.144 e. The van der Waals surface area contributed by atoms with Crippen LogP contribution < -0.4 is 4.74 Å². The van der Waals surface area contributed by atoms with Crippen molar-refractivity contribution in [2.24, 2.45) is 0 Å². The molecule has 0 saturated heterocycles. The van der Waals surface area contributed by atoms with Crippen molar-refractivity contribution in [1.29, 1.82) is 5.26 Å². The first-order valence-corrected chi connectivity index (χ1v) is 4.94. The summed E-state index contributed by atoms with van der Waals surface area (Å²) in [5.41, 5.74) is 1.02. The fourth-order valence-corrected chi connectivity index (χ4v) is 1.21. The SMILES string of the molecule is CCC(C#N)OCc1cccc(OC)c1. The van der Waals surface area contributed by atoms with Crippen LogP contribution in [0.25, 0.3) is 0 Å². The molecule has 0 radical (unpaired) electrons. The molecule has 0 fully saturated rings. The van der Waals surface area contributed by atoms with Crippen LogP contribution in [0.5, 0.6) is 5.75 Å². The number of nitriles is 1. The van der Waals surface area contributed by atoms with Crippen LogP contribution in [-0.2, 0) is 11.3 Å². The van der Waals surface area contributed by atoms with Gasteiger partial charge in [-0.1, -0.05) is 19.1 Å². The van der Waals surface area contributed by atoms with Gasteiger partial charge in [0.25, 0.3) is 0 Å². The molecule has 1 aromatic rings. The topological polar surface area (TPSA) is 42.2 Å². The first-order valence-electron chi connectivity index (χ1n) is 4.94. The van der Waals surface area contributed by atoms with Gasteiger partial charge in [-0.3, -0.25) is 0 Å². The van der Waals surface area contributed by atoms with Crippen molar-refractivity contribution in [2.45, 2.75) is 26.1 Å². The number of benzene rings is 1. The van der Waals surface area contributed by atoms with E-state index in [0.29, 0.717) is 13.0 Å². The number of rotatable bonds is 5. The van der Waals surface area contributed by atoms with E-state index in [4.69, 9.17) is 14.7 Å². The molecule has 0 aliphatic heterocycles. The summed E-state index contributed by atoms with van der Waals surface area (Å²) in [5, 5.41) is 8.71. The predicted octanol–water partition coefficient (Wildman–Crippen LogP) is 2.51. The van der Waals surface area contributed by atoms with Crippen LogP contribution in [0.4, 0.5) is 0 Å². The molecule has 1 aromatic carbocycles. The fourth-order valence-electron chi connectivity index (χ4n) is 1.21. The van der Waals surface area contributed by atoms with Gasteiger partial charge in [-0.15, -0.1) is 0 Å². The van der Waals surface area contributed by atoms with E-state index in [2.05, 4.69) is 6.07 Å². The van der Waals surface area contributed by atoms with Gasteiger partial charge in [-0.05, 0) is 24.1 Å². The van der Waals surface area contributed by atoms with Gasteiger partial charge >= 0.3 is 0 Å². The molecule has 1 rings (SSSR count). The van der Waals surface area contributed by atoms with Crippen LogP contribution in [0.3, 0.4) is 0 Å². The first kappa shape index (κ1) is 11.5. The van der Waals surface area contributed by atoms with Crippen molar-refractivity contribution in [1.82, 2.24) is 0 Å². The molecule has 0 heterocycles. The van der Waals surface area contributed by atoms with Crippen LogP contribution >= 0.6 is 0 Å². The quantitative estimate of drug-likeness (QED) is 0.741. The molecule has 0 aromatic heterocycles. The molecule has 0 saturated carbocycles. The van der Waals surface area contributed by atoms with E-state index in [-0.39, 0.29) is 6.10 Å². The first-order chi connectivity index (χ1) is 7.30. The minimum absolute atomic E-state index is 0.323. The monoisotopic (exact) mass is 205 g/mol. The average molecular weight is 205 g/mol. The third-order valence-electron chi connectivity index (χ3n) is 2.10. The molecule has 0 bridgehead atoms. The summed E-state index contributed by atoms with van der Waals surface area (Å²) >= 11 is 0. The lowest BCUT2D eigenvalue weighted by Crippen LogP contribution is -2.08. The van der Waals surface area contributed by atoms with Gasteiger partial charge in [0.1, 0.15) is 11.9 Å². The second-order valence-corrected chi connectivity index (χ2v) is 3.19. The normalized spacial score (nSPS) is 11.8. The van der Waals surface area contributed by atoms with Gasteiger partial charge in [0, 0.05) is 0 Å². The minimum Gasteiger partial charge on any atom is -0.497 e. The highest BCUT2D eigenvalue weighted by atomic mass is 16.5. The summed E-state index contributed by atoms with van der Waals surface area (Å²) in [6, 6.07) is 9.74. The lowest BCUT2D eigenvalue weighted by atomic mass is 10.2. The number of hydrogen-bond donors (Lipinski definition) is 0. The Morgan fingerprint density at radius 1 is 1.47 bits per heavy atom. The van der Waals surface area contributed by atoms with Crippen LogP contribution in [0, 0.1) is 11.3 Å². The van der Waals surface area contributed by atoms with Gasteiger partial charge in [-0.2, -0.15) is 5.26 Å². The van der Waals surface area contributed by atoms with E-state index >= 15 is 0 Å². The molecule has 0 aliphatic rings. The number of hydrogen-bond acceptors (Lipinski definition) is 3. The molecule has 0 aliphatic carbocycles. The zero-order valence-corrected chi connectivity index (χ0v) is 9.06. The van der Waals surface area contributed by atoms with Crippen molar-refractivity contribution < 1.29 is 9.47 Å². The van der Waals surface area contributed by atoms with Gasteiger partial charge < -0.3 is 9.47 Å². The Morgan fingerprint density at radius 3 is 2.87 bits per heavy atom. The number of ether oxygens (including phenoxy) is 2. The Hall–Kier alpha value is -1.53. The Bertz CT molecular complexity index is 344. The molecule has 3 nitrogen and oxygen atoms in total. The molecular formula is C12H15NO2. The third-order valence-corrected chi connectivity index (χ3v) is 2.10. The van der Waals surface area contributed by atoms with Crippen LogP contribution in [0.1, 0.15) is 18.9 Å². The maximum Gasteiger partial charge on any atom is 0.144 e. The van der Waals surface area contributed by atoms with E-state index in [1.165, 1.54) is 0 Å². The molecular weight excluding hydrogens is 190 g/mol. The van der Waals surface area contributed by atoms with E-state index in [9.17, 15) is 0 Å². The summed E-state index contributed by atoms with van der Waals surface area (Å²) in [4.78, 5) is 0. The molecule has 1 atom stereocenters. The largest absolute Gasteiger partial charge is 0.497 e. The zero-order valence-electron chi connectivity index (χ0n) is 9.06. The highest BCUT2D eigenvalue weighted by molar-refractivity contribution is 5.27. The molecule has 1 unspecified atom stereocenters. The molecule has 0 N–H and O–H groups in total. The summed E-state index contributed by atoms with van der Waals surface area (Å²) < 4.78 is 10.5. The minimum atomic E-state index is -0.323. The standard InChI is InChI=1S/C12H15NO2/c1-3-11(8-13)15-9-10-5-4-6-12(7-10)14-2/h4-7,11H,3,9H2,1-2H3. The van der Waals surface area contributed by atoms with E-state index in [1.54, 1.807) is 7.11 Å². The molecule has 15 heavy (non-hydrogen) atoms. The van der Waals surface area contributed by atoms with Gasteiger partial charge in [0.05, 0.1) is 19.8 Å². The molecule has 0 amide bonds. The zero-order chi connectivity index (χ0) is 11.1. The Morgan fingerprint density at radius 2 is 2.27 bits per heavy atom. The van der Waals surface area contributed by atoms with E-state index < -0.39 is 0 Å². The van der Waals surface area contributed by atoms with Gasteiger partial charge in [0.15, 0.2) is 0 Å². The van der Waals surface area contributed by atoms with Crippen molar-refractivity contribution >= 4 is 0 Å². The van der Waals surface area contributed by atoms with Crippen molar-refractivity contribution in [3.63, 3.8) is 0 Å². The average Bonchev–Trinajstić information content (AvgIpc) is 2.31. The van der Waals surface area contributed by atoms with Crippen molar-refractivity contribution in [2.75, 3.05) is 7.11 Å². The summed E-state index contributed by atoms with van der Waals surface area (Å²) in [6.07, 6.45) is 0.386. The highest BCUT2D eigenvalue weighted by Gasteiger charge is 2.04. The maximum atomic E-state index is 8.71. The van der Waals surface area contributed by atoms with Crippen LogP contribution in [0.2, 0.25) is 0 Å². The molecule has 0 spiro atoms. The summed E-state index contributed by atoms with van der Waals surface area (Å²) in [7, 11) is 1.63. The second kappa shape index (κ2) is 6.05. The Kier molecular flexibility index (Phi) is 4.65. The van der Waals surface area contributed by atoms with Crippen molar-refractivity contribution in [3.05, 3.63) is 29.8 Å². The van der Waals surface area contributed by atoms with E-state index in [0.717, 1.165) is 11.3 Å². The number of nitrogens with zero attached hydrogens (tertiary/aromatic N) is 1. The number of methoxy groups -OCH3 is 1. The lowest BCUT2D eigenvalue weighted by Gasteiger charge is -2.08. The summed E-state index contributed by atoms with van der Waals surface area (Å²) in [5.74, 6) is 0.807. The summed E-state index contributed by atoms with van der Waals surface area (Å²) in [6.45, 7) is 2.38. The third kappa shape index (κ3) is 3.61. The van der Waals surface area contributed by atoms with Crippen LogP contribution in [-0.4, -0.2) is 13.2 Å². The maximum absolute atomic E-state index is 8.71. The molecule has 3 heteroatoms. The Balaban J connectivity index is 2.54. The highest BCUT2D eigenvalue weighted by Crippen LogP contribution is 2.14.